The molecule has 0 aromatic heterocycles. The molecule has 0 saturated carbocycles. The first-order valence-electron chi connectivity index (χ1n) is 6.98. The lowest BCUT2D eigenvalue weighted by atomic mass is 9.93. The predicted octanol–water partition coefficient (Wildman–Crippen LogP) is 2.77. The lowest BCUT2D eigenvalue weighted by Crippen LogP contribution is -2.45. The van der Waals surface area contributed by atoms with Crippen LogP contribution in [-0.2, 0) is 20.7 Å². The molecular weight excluding hydrogens is 270 g/mol. The van der Waals surface area contributed by atoms with Crippen LogP contribution < -0.4 is 4.90 Å². The fourth-order valence-corrected chi connectivity index (χ4v) is 2.41. The van der Waals surface area contributed by atoms with Crippen LogP contribution in [0.5, 0.6) is 0 Å². The van der Waals surface area contributed by atoms with Gasteiger partial charge in [-0.3, -0.25) is 9.69 Å². The summed E-state index contributed by atoms with van der Waals surface area (Å²) in [5, 5.41) is 0. The van der Waals surface area contributed by atoms with Gasteiger partial charge in [-0.1, -0.05) is 18.2 Å². The standard InChI is InChI=1S/C16H21NO4/c1-16(2,3)21-15(19)17-10-12(14(18)20-4)9-11-7-5-6-8-13(11)17/h5-8,12H,9-10H2,1-4H3. The normalized spacial score (nSPS) is 17.9. The molecule has 0 N–H and O–H groups in total. The number of nitrogens with zero attached hydrogens (tertiary/aromatic N) is 1. The maximum Gasteiger partial charge on any atom is 0.414 e. The summed E-state index contributed by atoms with van der Waals surface area (Å²) in [7, 11) is 1.36. The largest absolute Gasteiger partial charge is 0.469 e. The molecular formula is C16H21NO4. The van der Waals surface area contributed by atoms with Gasteiger partial charge in [0.2, 0.25) is 0 Å². The maximum atomic E-state index is 12.4. The van der Waals surface area contributed by atoms with Gasteiger partial charge < -0.3 is 9.47 Å². The van der Waals surface area contributed by atoms with Crippen molar-refractivity contribution in [2.24, 2.45) is 5.92 Å². The molecule has 1 aromatic rings. The Hall–Kier alpha value is -2.04. The topological polar surface area (TPSA) is 55.8 Å². The number of esters is 1. The van der Waals surface area contributed by atoms with Crippen molar-refractivity contribution in [3.63, 3.8) is 0 Å². The van der Waals surface area contributed by atoms with Gasteiger partial charge in [0, 0.05) is 6.54 Å². The minimum atomic E-state index is -0.579. The summed E-state index contributed by atoms with van der Waals surface area (Å²) in [6.45, 7) is 5.73. The van der Waals surface area contributed by atoms with Gasteiger partial charge in [-0.05, 0) is 38.8 Å². The van der Waals surface area contributed by atoms with Crippen molar-refractivity contribution in [1.82, 2.24) is 0 Å². The average molecular weight is 291 g/mol. The lowest BCUT2D eigenvalue weighted by molar-refractivity contribution is -0.145. The Morgan fingerprint density at radius 3 is 2.52 bits per heavy atom. The van der Waals surface area contributed by atoms with E-state index in [0.29, 0.717) is 6.42 Å². The van der Waals surface area contributed by atoms with Gasteiger partial charge in [-0.2, -0.15) is 0 Å². The second-order valence-corrected chi connectivity index (χ2v) is 6.14. The van der Waals surface area contributed by atoms with E-state index in [2.05, 4.69) is 0 Å². The Kier molecular flexibility index (Phi) is 4.21. The van der Waals surface area contributed by atoms with Crippen molar-refractivity contribution in [2.75, 3.05) is 18.6 Å². The smallest absolute Gasteiger partial charge is 0.414 e. The summed E-state index contributed by atoms with van der Waals surface area (Å²) in [4.78, 5) is 25.7. The number of amides is 1. The second-order valence-electron chi connectivity index (χ2n) is 6.14. The van der Waals surface area contributed by atoms with Gasteiger partial charge in [0.1, 0.15) is 5.60 Å². The number of rotatable bonds is 1. The van der Waals surface area contributed by atoms with Crippen molar-refractivity contribution in [1.29, 1.82) is 0 Å². The number of carbonyl (C=O) groups is 2. The molecule has 5 nitrogen and oxygen atoms in total. The second kappa shape index (κ2) is 5.76. The molecule has 1 aromatic carbocycles. The first-order valence-corrected chi connectivity index (χ1v) is 6.98. The Labute approximate surface area is 124 Å². The third kappa shape index (κ3) is 3.54. The number of fused-ring (bicyclic) bond motifs is 1. The molecule has 0 aliphatic carbocycles. The highest BCUT2D eigenvalue weighted by atomic mass is 16.6. The molecule has 1 amide bonds. The molecule has 114 valence electrons. The SMILES string of the molecule is COC(=O)C1Cc2ccccc2N(C(=O)OC(C)(C)C)C1. The Morgan fingerprint density at radius 1 is 1.24 bits per heavy atom. The van der Waals surface area contributed by atoms with E-state index in [-0.39, 0.29) is 18.4 Å². The van der Waals surface area contributed by atoms with Crippen molar-refractivity contribution in [2.45, 2.75) is 32.8 Å². The third-order valence-corrected chi connectivity index (χ3v) is 3.30. The average Bonchev–Trinajstić information content (AvgIpc) is 2.43. The number of para-hydroxylation sites is 1. The molecule has 1 aliphatic heterocycles. The molecule has 0 spiro atoms. The highest BCUT2D eigenvalue weighted by molar-refractivity contribution is 5.91. The number of carbonyl (C=O) groups excluding carboxylic acids is 2. The minimum Gasteiger partial charge on any atom is -0.469 e. The molecule has 1 aliphatic rings. The number of ether oxygens (including phenoxy) is 2. The lowest BCUT2D eigenvalue weighted by Gasteiger charge is -2.34. The molecule has 0 bridgehead atoms. The Balaban J connectivity index is 2.30. The molecule has 0 radical (unpaired) electrons. The summed E-state index contributed by atoms with van der Waals surface area (Å²) in [6, 6.07) is 7.55. The minimum absolute atomic E-state index is 0.276. The maximum absolute atomic E-state index is 12.4. The molecule has 2 rings (SSSR count). The van der Waals surface area contributed by atoms with Crippen LogP contribution >= 0.6 is 0 Å². The van der Waals surface area contributed by atoms with E-state index < -0.39 is 11.7 Å². The molecule has 1 heterocycles. The number of anilines is 1. The number of benzene rings is 1. The number of hydrogen-bond acceptors (Lipinski definition) is 4. The van der Waals surface area contributed by atoms with Crippen LogP contribution in [0.4, 0.5) is 10.5 Å². The van der Waals surface area contributed by atoms with Crippen molar-refractivity contribution >= 4 is 17.7 Å². The predicted molar refractivity (Wildman–Crippen MR) is 79.2 cm³/mol. The highest BCUT2D eigenvalue weighted by Gasteiger charge is 2.34. The summed E-state index contributed by atoms with van der Waals surface area (Å²) in [5.41, 5.74) is 1.17. The van der Waals surface area contributed by atoms with Crippen LogP contribution in [-0.4, -0.2) is 31.3 Å². The molecule has 21 heavy (non-hydrogen) atoms. The van der Waals surface area contributed by atoms with E-state index in [9.17, 15) is 9.59 Å². The zero-order valence-electron chi connectivity index (χ0n) is 12.9. The van der Waals surface area contributed by atoms with Crippen LogP contribution in [0.15, 0.2) is 24.3 Å². The third-order valence-electron chi connectivity index (χ3n) is 3.30. The fourth-order valence-electron chi connectivity index (χ4n) is 2.41. The summed E-state index contributed by atoms with van der Waals surface area (Å²) >= 11 is 0. The van der Waals surface area contributed by atoms with Crippen LogP contribution in [0.2, 0.25) is 0 Å². The van der Waals surface area contributed by atoms with Crippen LogP contribution in [0.25, 0.3) is 0 Å². The fraction of sp³-hybridized carbons (Fsp3) is 0.500. The van der Waals surface area contributed by atoms with E-state index in [0.717, 1.165) is 11.3 Å². The summed E-state index contributed by atoms with van der Waals surface area (Å²) < 4.78 is 10.2. The van der Waals surface area contributed by atoms with Gasteiger partial charge in [0.15, 0.2) is 0 Å². The van der Waals surface area contributed by atoms with Crippen molar-refractivity contribution in [3.8, 4) is 0 Å². The molecule has 5 heteroatoms. The first kappa shape index (κ1) is 15.4. The first-order chi connectivity index (χ1) is 9.81. The zero-order chi connectivity index (χ0) is 15.6. The van der Waals surface area contributed by atoms with E-state index >= 15 is 0 Å². The van der Waals surface area contributed by atoms with Crippen LogP contribution in [0.3, 0.4) is 0 Å². The molecule has 1 atom stereocenters. The van der Waals surface area contributed by atoms with Crippen molar-refractivity contribution < 1.29 is 19.1 Å². The highest BCUT2D eigenvalue weighted by Crippen LogP contribution is 2.31. The quantitative estimate of drug-likeness (QED) is 0.747. The number of hydrogen-bond donors (Lipinski definition) is 0. The molecule has 1 unspecified atom stereocenters. The number of methoxy groups -OCH3 is 1. The van der Waals surface area contributed by atoms with Crippen molar-refractivity contribution in [3.05, 3.63) is 29.8 Å². The Morgan fingerprint density at radius 2 is 1.90 bits per heavy atom. The van der Waals surface area contributed by atoms with Crippen LogP contribution in [0.1, 0.15) is 26.3 Å². The summed E-state index contributed by atoms with van der Waals surface area (Å²) in [6.07, 6.45) is 0.130. The van der Waals surface area contributed by atoms with Gasteiger partial charge in [0.25, 0.3) is 0 Å². The molecule has 0 saturated heterocycles. The zero-order valence-corrected chi connectivity index (χ0v) is 12.9. The van der Waals surface area contributed by atoms with E-state index in [1.165, 1.54) is 12.0 Å². The van der Waals surface area contributed by atoms with E-state index in [1.54, 1.807) is 0 Å². The molecule has 0 fully saturated rings. The summed E-state index contributed by atoms with van der Waals surface area (Å²) in [5.74, 6) is -0.671. The van der Waals surface area contributed by atoms with Gasteiger partial charge in [0.05, 0.1) is 18.7 Å². The van der Waals surface area contributed by atoms with Crippen LogP contribution in [0, 0.1) is 5.92 Å². The van der Waals surface area contributed by atoms with Gasteiger partial charge in [-0.15, -0.1) is 0 Å². The Bertz CT molecular complexity index is 547. The van der Waals surface area contributed by atoms with E-state index in [1.807, 2.05) is 45.0 Å². The van der Waals surface area contributed by atoms with E-state index in [4.69, 9.17) is 9.47 Å². The van der Waals surface area contributed by atoms with Gasteiger partial charge in [-0.25, -0.2) is 4.79 Å². The monoisotopic (exact) mass is 291 g/mol. The van der Waals surface area contributed by atoms with Gasteiger partial charge >= 0.3 is 12.1 Å².